The highest BCUT2D eigenvalue weighted by Gasteiger charge is 2.45. The van der Waals surface area contributed by atoms with E-state index in [1.807, 2.05) is 0 Å². The van der Waals surface area contributed by atoms with E-state index in [4.69, 9.17) is 0 Å². The summed E-state index contributed by atoms with van der Waals surface area (Å²) in [5.41, 5.74) is 0.416. The molecule has 0 radical (unpaired) electrons. The van der Waals surface area contributed by atoms with Crippen molar-refractivity contribution < 1.29 is 0 Å². The highest BCUT2D eigenvalue weighted by molar-refractivity contribution is 5.03. The Bertz CT molecular complexity index is 307. The average Bonchev–Trinajstić information content (AvgIpc) is 3.19. The monoisotopic (exact) mass is 278 g/mol. The minimum Gasteiger partial charge on any atom is -0.308 e. The predicted octanol–water partition coefficient (Wildman–Crippen LogP) is 3.81. The summed E-state index contributed by atoms with van der Waals surface area (Å²) < 4.78 is 0. The SMILES string of the molecule is CCC1CNC(C)(C2CC2)CN1CCCC1CCCC1. The summed E-state index contributed by atoms with van der Waals surface area (Å²) in [5.74, 6) is 2.02. The Morgan fingerprint density at radius 1 is 1.15 bits per heavy atom. The molecule has 2 atom stereocenters. The van der Waals surface area contributed by atoms with Gasteiger partial charge in [-0.2, -0.15) is 0 Å². The van der Waals surface area contributed by atoms with Gasteiger partial charge < -0.3 is 5.32 Å². The minimum absolute atomic E-state index is 0.416. The quantitative estimate of drug-likeness (QED) is 0.795. The molecule has 1 saturated heterocycles. The lowest BCUT2D eigenvalue weighted by atomic mass is 9.90. The van der Waals surface area contributed by atoms with Gasteiger partial charge in [0.2, 0.25) is 0 Å². The number of piperazine rings is 1. The van der Waals surface area contributed by atoms with Crippen LogP contribution in [0.4, 0.5) is 0 Å². The maximum Gasteiger partial charge on any atom is 0.0309 e. The van der Waals surface area contributed by atoms with Gasteiger partial charge >= 0.3 is 0 Å². The van der Waals surface area contributed by atoms with Crippen LogP contribution < -0.4 is 5.32 Å². The van der Waals surface area contributed by atoms with Crippen LogP contribution in [-0.2, 0) is 0 Å². The smallest absolute Gasteiger partial charge is 0.0309 e. The third-order valence-corrected chi connectivity index (χ3v) is 6.27. The van der Waals surface area contributed by atoms with Gasteiger partial charge in [-0.1, -0.05) is 32.6 Å². The number of rotatable bonds is 6. The summed E-state index contributed by atoms with van der Waals surface area (Å²) in [6.07, 6.45) is 13.1. The summed E-state index contributed by atoms with van der Waals surface area (Å²) >= 11 is 0. The zero-order valence-corrected chi connectivity index (χ0v) is 13.7. The molecule has 20 heavy (non-hydrogen) atoms. The van der Waals surface area contributed by atoms with Crippen LogP contribution in [0.25, 0.3) is 0 Å². The van der Waals surface area contributed by atoms with Crippen LogP contribution in [0.5, 0.6) is 0 Å². The van der Waals surface area contributed by atoms with Crippen LogP contribution in [0, 0.1) is 11.8 Å². The lowest BCUT2D eigenvalue weighted by molar-refractivity contribution is 0.0704. The molecular weight excluding hydrogens is 244 g/mol. The van der Waals surface area contributed by atoms with Gasteiger partial charge in [0.25, 0.3) is 0 Å². The fourth-order valence-electron chi connectivity index (χ4n) is 4.63. The Labute approximate surface area is 125 Å². The zero-order chi connectivity index (χ0) is 14.0. The number of nitrogens with one attached hydrogen (secondary N) is 1. The molecule has 2 heteroatoms. The zero-order valence-electron chi connectivity index (χ0n) is 13.7. The van der Waals surface area contributed by atoms with Crippen molar-refractivity contribution in [1.29, 1.82) is 0 Å². The summed E-state index contributed by atoms with van der Waals surface area (Å²) in [7, 11) is 0. The fraction of sp³-hybridized carbons (Fsp3) is 1.00. The van der Waals surface area contributed by atoms with Crippen molar-refractivity contribution in [3.63, 3.8) is 0 Å². The van der Waals surface area contributed by atoms with E-state index < -0.39 is 0 Å². The van der Waals surface area contributed by atoms with Crippen LogP contribution in [0.1, 0.15) is 71.6 Å². The summed E-state index contributed by atoms with van der Waals surface area (Å²) in [4.78, 5) is 2.82. The third kappa shape index (κ3) is 3.39. The molecule has 3 rings (SSSR count). The summed E-state index contributed by atoms with van der Waals surface area (Å²) in [5, 5.41) is 3.88. The van der Waals surface area contributed by atoms with Gasteiger partial charge in [0, 0.05) is 24.7 Å². The Morgan fingerprint density at radius 2 is 1.90 bits per heavy atom. The molecule has 1 N–H and O–H groups in total. The number of nitrogens with zero attached hydrogens (tertiary/aromatic N) is 1. The average molecular weight is 278 g/mol. The van der Waals surface area contributed by atoms with Gasteiger partial charge in [-0.05, 0) is 57.4 Å². The Hall–Kier alpha value is -0.0800. The third-order valence-electron chi connectivity index (χ3n) is 6.27. The standard InChI is InChI=1S/C18H34N2/c1-3-17-13-19-18(2,16-10-11-16)14-20(17)12-6-9-15-7-4-5-8-15/h15-17,19H,3-14H2,1-2H3. The first-order valence-electron chi connectivity index (χ1n) is 9.20. The van der Waals surface area contributed by atoms with Gasteiger partial charge in [-0.25, -0.2) is 0 Å². The molecule has 0 amide bonds. The summed E-state index contributed by atoms with van der Waals surface area (Å²) in [6.45, 7) is 8.68. The van der Waals surface area contributed by atoms with E-state index in [0.29, 0.717) is 5.54 Å². The molecule has 3 aliphatic rings. The first kappa shape index (κ1) is 14.8. The van der Waals surface area contributed by atoms with Crippen molar-refractivity contribution in [1.82, 2.24) is 10.2 Å². The largest absolute Gasteiger partial charge is 0.308 e. The van der Waals surface area contributed by atoms with E-state index in [0.717, 1.165) is 17.9 Å². The van der Waals surface area contributed by atoms with Crippen LogP contribution in [0.3, 0.4) is 0 Å². The molecule has 3 fully saturated rings. The van der Waals surface area contributed by atoms with Gasteiger partial charge in [-0.3, -0.25) is 4.90 Å². The van der Waals surface area contributed by atoms with Gasteiger partial charge in [0.15, 0.2) is 0 Å². The van der Waals surface area contributed by atoms with Crippen LogP contribution in [-0.4, -0.2) is 36.1 Å². The maximum atomic E-state index is 3.88. The molecular formula is C18H34N2. The van der Waals surface area contributed by atoms with Crippen molar-refractivity contribution in [3.8, 4) is 0 Å². The van der Waals surface area contributed by atoms with Crippen molar-refractivity contribution in [2.24, 2.45) is 11.8 Å². The summed E-state index contributed by atoms with van der Waals surface area (Å²) in [6, 6.07) is 0.783. The molecule has 0 bridgehead atoms. The number of hydrogen-bond acceptors (Lipinski definition) is 2. The molecule has 2 unspecified atom stereocenters. The normalized spacial score (nSPS) is 36.6. The Balaban J connectivity index is 1.48. The highest BCUT2D eigenvalue weighted by atomic mass is 15.3. The molecule has 1 heterocycles. The lowest BCUT2D eigenvalue weighted by Gasteiger charge is -2.46. The highest BCUT2D eigenvalue weighted by Crippen LogP contribution is 2.41. The van der Waals surface area contributed by atoms with Crippen LogP contribution >= 0.6 is 0 Å². The van der Waals surface area contributed by atoms with E-state index in [9.17, 15) is 0 Å². The first-order valence-corrected chi connectivity index (χ1v) is 9.20. The number of hydrogen-bond donors (Lipinski definition) is 1. The molecule has 2 nitrogen and oxygen atoms in total. The second-order valence-electron chi connectivity index (χ2n) is 7.90. The Kier molecular flexibility index (Phi) is 4.72. The van der Waals surface area contributed by atoms with Crippen LogP contribution in [0.15, 0.2) is 0 Å². The molecule has 2 saturated carbocycles. The van der Waals surface area contributed by atoms with E-state index in [-0.39, 0.29) is 0 Å². The molecule has 0 aromatic carbocycles. The topological polar surface area (TPSA) is 15.3 Å². The van der Waals surface area contributed by atoms with Crippen molar-refractivity contribution in [3.05, 3.63) is 0 Å². The molecule has 2 aliphatic carbocycles. The lowest BCUT2D eigenvalue weighted by Crippen LogP contribution is -2.63. The minimum atomic E-state index is 0.416. The van der Waals surface area contributed by atoms with E-state index in [1.54, 1.807) is 0 Å². The van der Waals surface area contributed by atoms with Gasteiger partial charge in [0.05, 0.1) is 0 Å². The predicted molar refractivity (Wildman–Crippen MR) is 86.0 cm³/mol. The second kappa shape index (κ2) is 6.36. The molecule has 1 aliphatic heterocycles. The van der Waals surface area contributed by atoms with Crippen molar-refractivity contribution in [2.75, 3.05) is 19.6 Å². The van der Waals surface area contributed by atoms with Gasteiger partial charge in [-0.15, -0.1) is 0 Å². The van der Waals surface area contributed by atoms with E-state index in [1.165, 1.54) is 77.4 Å². The molecule has 0 aromatic heterocycles. The fourth-order valence-corrected chi connectivity index (χ4v) is 4.63. The van der Waals surface area contributed by atoms with Crippen LogP contribution in [0.2, 0.25) is 0 Å². The van der Waals surface area contributed by atoms with Crippen molar-refractivity contribution >= 4 is 0 Å². The maximum absolute atomic E-state index is 3.88. The molecule has 0 spiro atoms. The van der Waals surface area contributed by atoms with E-state index >= 15 is 0 Å². The second-order valence-corrected chi connectivity index (χ2v) is 7.90. The Morgan fingerprint density at radius 3 is 2.55 bits per heavy atom. The molecule has 0 aromatic rings. The first-order chi connectivity index (χ1) is 9.71. The van der Waals surface area contributed by atoms with E-state index in [2.05, 4.69) is 24.1 Å². The van der Waals surface area contributed by atoms with Gasteiger partial charge in [0.1, 0.15) is 0 Å². The molecule has 116 valence electrons. The van der Waals surface area contributed by atoms with Crippen molar-refractivity contribution in [2.45, 2.75) is 83.2 Å².